The van der Waals surface area contributed by atoms with Gasteiger partial charge in [-0.05, 0) is 30.7 Å². The highest BCUT2D eigenvalue weighted by atomic mass is 16.1. The summed E-state index contributed by atoms with van der Waals surface area (Å²) < 4.78 is 0. The smallest absolute Gasteiger partial charge is 0.194 e. The molecule has 0 saturated heterocycles. The number of carbonyl (C=O) groups excluding carboxylic acids is 2. The monoisotopic (exact) mass is 364 g/mol. The fourth-order valence-electron chi connectivity index (χ4n) is 3.91. The molecule has 1 aliphatic carbocycles. The molecule has 4 aromatic rings. The first-order valence-corrected chi connectivity index (χ1v) is 9.09. The summed E-state index contributed by atoms with van der Waals surface area (Å²) in [5.41, 5.74) is 4.80. The van der Waals surface area contributed by atoms with Gasteiger partial charge in [-0.25, -0.2) is 4.98 Å². The fraction of sp³-hybridized carbons (Fsp3) is 0.0417. The molecule has 4 heteroatoms. The molecule has 0 fully saturated rings. The highest BCUT2D eigenvalue weighted by molar-refractivity contribution is 6.28. The number of carbonyl (C=O) groups is 2. The largest absolute Gasteiger partial charge is 0.340 e. The minimum Gasteiger partial charge on any atom is -0.340 e. The summed E-state index contributed by atoms with van der Waals surface area (Å²) >= 11 is 0. The molecule has 0 aliphatic heterocycles. The number of hydrogen-bond acceptors (Lipinski definition) is 4. The van der Waals surface area contributed by atoms with Crippen LogP contribution >= 0.6 is 0 Å². The summed E-state index contributed by atoms with van der Waals surface area (Å²) in [7, 11) is 0. The summed E-state index contributed by atoms with van der Waals surface area (Å²) in [5, 5.41) is 4.03. The molecule has 5 rings (SSSR count). The Balaban J connectivity index is 1.90. The molecule has 0 saturated carbocycles. The van der Waals surface area contributed by atoms with Crippen LogP contribution in [0, 0.1) is 0 Å². The van der Waals surface area contributed by atoms with E-state index >= 15 is 0 Å². The van der Waals surface area contributed by atoms with Crippen molar-refractivity contribution in [2.45, 2.75) is 6.92 Å². The molecule has 1 heterocycles. The van der Waals surface area contributed by atoms with Crippen molar-refractivity contribution in [1.82, 2.24) is 4.98 Å². The van der Waals surface area contributed by atoms with Crippen LogP contribution in [0.5, 0.6) is 0 Å². The molecule has 0 atom stereocenters. The van der Waals surface area contributed by atoms with Gasteiger partial charge in [-0.15, -0.1) is 0 Å². The molecule has 0 spiro atoms. The standard InChI is InChI=1S/C24H16N2O2/c1-14(27)20-22-16-10-5-6-11-17(16)23(28)18-12-7-13-19(21(18)22)26-24(20)25-15-8-3-2-4-9-15/h2-13H,1H3,(H,25,26). The summed E-state index contributed by atoms with van der Waals surface area (Å²) in [5.74, 6) is 0.373. The van der Waals surface area contributed by atoms with Gasteiger partial charge in [-0.3, -0.25) is 9.59 Å². The quantitative estimate of drug-likeness (QED) is 0.436. The lowest BCUT2D eigenvalue weighted by atomic mass is 9.81. The number of fused-ring (bicyclic) bond motifs is 2. The first-order valence-electron chi connectivity index (χ1n) is 9.09. The number of anilines is 2. The van der Waals surface area contributed by atoms with Gasteiger partial charge in [0.15, 0.2) is 11.6 Å². The van der Waals surface area contributed by atoms with Crippen LogP contribution in [0.25, 0.3) is 22.0 Å². The van der Waals surface area contributed by atoms with E-state index in [1.807, 2.05) is 66.7 Å². The maximum atomic E-state index is 13.0. The molecule has 0 amide bonds. The number of Topliss-reactive ketones (excluding diaryl/α,β-unsaturated/α-hetero) is 1. The molecular formula is C24H16N2O2. The van der Waals surface area contributed by atoms with E-state index in [9.17, 15) is 9.59 Å². The average molecular weight is 364 g/mol. The number of pyridine rings is 1. The molecule has 3 aromatic carbocycles. The molecular weight excluding hydrogens is 348 g/mol. The maximum absolute atomic E-state index is 13.0. The van der Waals surface area contributed by atoms with Crippen molar-refractivity contribution in [1.29, 1.82) is 0 Å². The van der Waals surface area contributed by atoms with Crippen LogP contribution in [0.15, 0.2) is 72.8 Å². The van der Waals surface area contributed by atoms with Crippen molar-refractivity contribution < 1.29 is 9.59 Å². The van der Waals surface area contributed by atoms with E-state index in [0.717, 1.165) is 22.2 Å². The lowest BCUT2D eigenvalue weighted by molar-refractivity contribution is 0.101. The fourth-order valence-corrected chi connectivity index (χ4v) is 3.91. The Bertz CT molecular complexity index is 1280. The van der Waals surface area contributed by atoms with Crippen molar-refractivity contribution >= 4 is 34.0 Å². The van der Waals surface area contributed by atoms with Gasteiger partial charge in [-0.2, -0.15) is 0 Å². The van der Waals surface area contributed by atoms with Crippen LogP contribution in [-0.2, 0) is 0 Å². The maximum Gasteiger partial charge on any atom is 0.194 e. The second kappa shape index (κ2) is 6.13. The highest BCUT2D eigenvalue weighted by Crippen LogP contribution is 2.43. The Morgan fingerprint density at radius 1 is 0.821 bits per heavy atom. The molecule has 1 aromatic heterocycles. The summed E-state index contributed by atoms with van der Waals surface area (Å²) in [6.45, 7) is 1.54. The third-order valence-corrected chi connectivity index (χ3v) is 5.09. The Labute approximate surface area is 161 Å². The summed E-state index contributed by atoms with van der Waals surface area (Å²) in [4.78, 5) is 30.5. The molecule has 0 unspecified atom stereocenters. The van der Waals surface area contributed by atoms with Crippen LogP contribution in [0.1, 0.15) is 33.2 Å². The van der Waals surface area contributed by atoms with E-state index in [-0.39, 0.29) is 11.6 Å². The zero-order valence-corrected chi connectivity index (χ0v) is 15.2. The Morgan fingerprint density at radius 3 is 2.25 bits per heavy atom. The first kappa shape index (κ1) is 16.4. The van der Waals surface area contributed by atoms with Gasteiger partial charge in [-0.1, -0.05) is 54.6 Å². The number of para-hydroxylation sites is 1. The van der Waals surface area contributed by atoms with Crippen molar-refractivity contribution in [2.24, 2.45) is 0 Å². The predicted molar refractivity (Wildman–Crippen MR) is 110 cm³/mol. The van der Waals surface area contributed by atoms with Gasteiger partial charge in [0.05, 0.1) is 11.1 Å². The van der Waals surface area contributed by atoms with Crippen molar-refractivity contribution in [3.63, 3.8) is 0 Å². The van der Waals surface area contributed by atoms with Crippen molar-refractivity contribution in [3.8, 4) is 11.1 Å². The third kappa shape index (κ3) is 2.35. The molecule has 1 aliphatic rings. The summed E-state index contributed by atoms with van der Waals surface area (Å²) in [6, 6.07) is 22.6. The second-order valence-corrected chi connectivity index (χ2v) is 6.83. The van der Waals surface area contributed by atoms with Crippen LogP contribution in [0.4, 0.5) is 11.5 Å². The van der Waals surface area contributed by atoms with E-state index in [0.29, 0.717) is 28.0 Å². The van der Waals surface area contributed by atoms with E-state index in [2.05, 4.69) is 5.32 Å². The molecule has 4 nitrogen and oxygen atoms in total. The SMILES string of the molecule is CC(=O)c1c(Nc2ccccc2)nc2cccc3c2c1-c1ccccc1C3=O. The Kier molecular flexibility index (Phi) is 3.59. The average Bonchev–Trinajstić information content (AvgIpc) is 2.72. The number of rotatable bonds is 3. The van der Waals surface area contributed by atoms with Gasteiger partial charge in [0, 0.05) is 27.8 Å². The van der Waals surface area contributed by atoms with Crippen LogP contribution in [-0.4, -0.2) is 16.6 Å². The lowest BCUT2D eigenvalue weighted by Crippen LogP contribution is -2.15. The van der Waals surface area contributed by atoms with Gasteiger partial charge in [0.25, 0.3) is 0 Å². The van der Waals surface area contributed by atoms with E-state index in [1.54, 1.807) is 6.07 Å². The van der Waals surface area contributed by atoms with E-state index < -0.39 is 0 Å². The topological polar surface area (TPSA) is 59.1 Å². The minimum atomic E-state index is -0.0956. The minimum absolute atomic E-state index is 0.0335. The van der Waals surface area contributed by atoms with Gasteiger partial charge < -0.3 is 5.32 Å². The van der Waals surface area contributed by atoms with E-state index in [1.165, 1.54) is 6.92 Å². The first-order chi connectivity index (χ1) is 13.6. The van der Waals surface area contributed by atoms with Crippen LogP contribution in [0.3, 0.4) is 0 Å². The molecule has 28 heavy (non-hydrogen) atoms. The Hall–Kier alpha value is -3.79. The molecule has 0 radical (unpaired) electrons. The zero-order valence-electron chi connectivity index (χ0n) is 15.2. The van der Waals surface area contributed by atoms with E-state index in [4.69, 9.17) is 4.98 Å². The van der Waals surface area contributed by atoms with Crippen LogP contribution in [0.2, 0.25) is 0 Å². The normalized spacial score (nSPS) is 12.0. The molecule has 134 valence electrons. The number of hydrogen-bond donors (Lipinski definition) is 1. The van der Waals surface area contributed by atoms with Crippen LogP contribution < -0.4 is 5.32 Å². The molecule has 0 bridgehead atoms. The number of ketones is 2. The van der Waals surface area contributed by atoms with Gasteiger partial charge in [0.1, 0.15) is 5.82 Å². The third-order valence-electron chi connectivity index (χ3n) is 5.09. The highest BCUT2D eigenvalue weighted by Gasteiger charge is 2.30. The summed E-state index contributed by atoms with van der Waals surface area (Å²) in [6.07, 6.45) is 0. The molecule has 1 N–H and O–H groups in total. The van der Waals surface area contributed by atoms with Crippen molar-refractivity contribution in [2.75, 3.05) is 5.32 Å². The van der Waals surface area contributed by atoms with Crippen molar-refractivity contribution in [3.05, 3.63) is 89.5 Å². The second-order valence-electron chi connectivity index (χ2n) is 6.83. The van der Waals surface area contributed by atoms with Gasteiger partial charge in [0.2, 0.25) is 0 Å². The predicted octanol–water partition coefficient (Wildman–Crippen LogP) is 5.39. The van der Waals surface area contributed by atoms with Gasteiger partial charge >= 0.3 is 0 Å². The number of nitrogens with one attached hydrogen (secondary N) is 1. The lowest BCUT2D eigenvalue weighted by Gasteiger charge is -2.23. The number of benzene rings is 3. The number of nitrogens with zero attached hydrogens (tertiary/aromatic N) is 1. The Morgan fingerprint density at radius 2 is 1.50 bits per heavy atom. The number of aromatic nitrogens is 1. The zero-order chi connectivity index (χ0) is 19.3.